The summed E-state index contributed by atoms with van der Waals surface area (Å²) in [5.41, 5.74) is -2.18. The summed E-state index contributed by atoms with van der Waals surface area (Å²) in [5, 5.41) is 55.7. The number of likely N-dealkylation sites (N-methyl/N-ethyl adjacent to an activating group) is 1. The molecule has 3 aliphatic rings. The monoisotopic (exact) mass is 961 g/mol. The van der Waals surface area contributed by atoms with Gasteiger partial charge in [0.05, 0.1) is 72.6 Å². The molecule has 68 heavy (non-hydrogen) atoms. The SMILES string of the molecule is CC[C@H]1OC(=O)[C@H](C)[C@@H](C2C[C@@](C)(OC)[C@@H](O)[C@H](C)O2)[C@H](C)[C@@H](O[C@@H]2O[C@H](C)C[C@H](N(C)CCc3cn(Cc4ccc(C(=O)OC)cc4)nn3)[C@H]2O)[C@](C)(OC)C[C@@H](C)C(=O)[C@H](C)[C@@H](O)[C@]1(C)O. The molecule has 384 valence electrons. The maximum absolute atomic E-state index is 14.6. The van der Waals surface area contributed by atoms with Crippen molar-refractivity contribution in [2.75, 3.05) is 34.9 Å². The number of aromatic nitrogens is 3. The molecule has 3 aliphatic heterocycles. The minimum atomic E-state index is -1.98. The maximum atomic E-state index is 14.6. The van der Waals surface area contributed by atoms with Crippen LogP contribution in [0.2, 0.25) is 0 Å². The number of Topliss-reactive ketones (excluding diaryl/α,β-unsaturated/α-hetero) is 1. The van der Waals surface area contributed by atoms with E-state index in [9.17, 15) is 34.8 Å². The molecule has 1 aromatic heterocycles. The van der Waals surface area contributed by atoms with Crippen LogP contribution in [-0.2, 0) is 55.7 Å². The number of methoxy groups -OCH3 is 3. The van der Waals surface area contributed by atoms with Gasteiger partial charge in [0.1, 0.15) is 29.7 Å². The second kappa shape index (κ2) is 22.8. The molecule has 18 atom stereocenters. The normalized spacial score (nSPS) is 40.1. The minimum Gasteiger partial charge on any atom is -0.465 e. The molecule has 0 amide bonds. The van der Waals surface area contributed by atoms with E-state index in [1.54, 1.807) is 58.4 Å². The first-order chi connectivity index (χ1) is 31.9. The van der Waals surface area contributed by atoms with Gasteiger partial charge in [-0.15, -0.1) is 5.10 Å². The van der Waals surface area contributed by atoms with Gasteiger partial charge in [-0.2, -0.15) is 0 Å². The average molecular weight is 961 g/mol. The van der Waals surface area contributed by atoms with Crippen LogP contribution < -0.4 is 0 Å². The van der Waals surface area contributed by atoms with Crippen LogP contribution in [0.1, 0.15) is 117 Å². The highest BCUT2D eigenvalue weighted by molar-refractivity contribution is 5.89. The Balaban J connectivity index is 1.47. The Bertz CT molecular complexity index is 1980. The number of nitrogens with zero attached hydrogens (tertiary/aromatic N) is 4. The number of aliphatic hydroxyl groups is 4. The number of rotatable bonds is 13. The zero-order valence-electron chi connectivity index (χ0n) is 42.7. The van der Waals surface area contributed by atoms with Crippen LogP contribution in [0.25, 0.3) is 0 Å². The molecule has 4 heterocycles. The van der Waals surface area contributed by atoms with E-state index < -0.39 is 113 Å². The number of ketones is 1. The molecular formula is C50H80N4O14. The molecule has 0 saturated carbocycles. The van der Waals surface area contributed by atoms with Crippen LogP contribution in [0.15, 0.2) is 30.5 Å². The van der Waals surface area contributed by atoms with E-state index >= 15 is 0 Å². The van der Waals surface area contributed by atoms with Crippen LogP contribution in [0.5, 0.6) is 0 Å². The van der Waals surface area contributed by atoms with Crippen LogP contribution in [0.3, 0.4) is 0 Å². The summed E-state index contributed by atoms with van der Waals surface area (Å²) >= 11 is 0. The third-order valence-corrected chi connectivity index (χ3v) is 15.5. The maximum Gasteiger partial charge on any atom is 0.337 e. The largest absolute Gasteiger partial charge is 0.465 e. The Morgan fingerprint density at radius 3 is 2.16 bits per heavy atom. The Morgan fingerprint density at radius 2 is 1.56 bits per heavy atom. The average Bonchev–Trinajstić information content (AvgIpc) is 3.77. The standard InChI is InChI=1S/C50H80N4O14/c1-15-38-50(10,61)42(57)31(6)40(55)27(2)23-49(9,64-14)44(29(4)39(30(5)45(59)67-38)37-24-48(8,63-13)43(58)32(7)66-37)68-47-41(56)36(22-28(3)65-47)53(11)21-20-35-26-54(52-51-35)25-33-16-18-34(19-17-33)46(60)62-12/h16-19,26-32,36-39,41-44,47,56-58,61H,15,20-25H2,1-14H3/t27-,28-,29+,30-,31+,32+,36+,37?,38-,39+,41-,42-,43+,44-,47+,48-,49-,50-/m1/s1. The van der Waals surface area contributed by atoms with Crippen LogP contribution >= 0.6 is 0 Å². The zero-order chi connectivity index (χ0) is 50.6. The number of carbonyl (C=O) groups excluding carboxylic acids is 3. The highest BCUT2D eigenvalue weighted by atomic mass is 16.7. The van der Waals surface area contributed by atoms with Crippen LogP contribution in [0.4, 0.5) is 0 Å². The summed E-state index contributed by atoms with van der Waals surface area (Å²) in [6.07, 6.45) is -5.54. The van der Waals surface area contributed by atoms with Gasteiger partial charge in [0.2, 0.25) is 0 Å². The van der Waals surface area contributed by atoms with Crippen molar-refractivity contribution < 1.29 is 68.0 Å². The summed E-state index contributed by atoms with van der Waals surface area (Å²) in [7, 11) is 6.32. The van der Waals surface area contributed by atoms with Crippen LogP contribution in [0, 0.1) is 29.6 Å². The fourth-order valence-electron chi connectivity index (χ4n) is 11.1. The molecule has 3 fully saturated rings. The quantitative estimate of drug-likeness (QED) is 0.210. The van der Waals surface area contributed by atoms with E-state index in [2.05, 4.69) is 15.2 Å². The summed E-state index contributed by atoms with van der Waals surface area (Å²) < 4.78 is 45.1. The van der Waals surface area contributed by atoms with Crippen molar-refractivity contribution >= 4 is 17.7 Å². The number of carbonyl (C=O) groups is 3. The molecule has 4 N–H and O–H groups in total. The third-order valence-electron chi connectivity index (χ3n) is 15.5. The van der Waals surface area contributed by atoms with Gasteiger partial charge in [0.15, 0.2) is 6.29 Å². The molecule has 0 bridgehead atoms. The first-order valence-electron chi connectivity index (χ1n) is 24.2. The number of hydrogen-bond acceptors (Lipinski definition) is 17. The van der Waals surface area contributed by atoms with Gasteiger partial charge in [-0.3, -0.25) is 9.59 Å². The van der Waals surface area contributed by atoms with Gasteiger partial charge >= 0.3 is 11.9 Å². The lowest BCUT2D eigenvalue weighted by Gasteiger charge is -2.52. The van der Waals surface area contributed by atoms with Gasteiger partial charge in [0, 0.05) is 63.6 Å². The number of hydrogen-bond donors (Lipinski definition) is 4. The van der Waals surface area contributed by atoms with Crippen molar-refractivity contribution in [2.24, 2.45) is 29.6 Å². The van der Waals surface area contributed by atoms with Gasteiger partial charge in [-0.05, 0) is 84.5 Å². The second-order valence-corrected chi connectivity index (χ2v) is 20.6. The minimum absolute atomic E-state index is 0.0942. The number of cyclic esters (lactones) is 1. The van der Waals surface area contributed by atoms with E-state index in [1.165, 1.54) is 28.3 Å². The molecular weight excluding hydrogens is 881 g/mol. The Kier molecular flexibility index (Phi) is 18.6. The van der Waals surface area contributed by atoms with Gasteiger partial charge in [0.25, 0.3) is 0 Å². The lowest BCUT2D eigenvalue weighted by Crippen LogP contribution is -2.62. The lowest BCUT2D eigenvalue weighted by atomic mass is 9.67. The van der Waals surface area contributed by atoms with E-state index in [4.69, 9.17) is 33.2 Å². The highest BCUT2D eigenvalue weighted by Crippen LogP contribution is 2.46. The highest BCUT2D eigenvalue weighted by Gasteiger charge is 2.56. The van der Waals surface area contributed by atoms with Crippen molar-refractivity contribution in [3.05, 3.63) is 47.3 Å². The smallest absolute Gasteiger partial charge is 0.337 e. The Hall–Kier alpha value is -3.43. The predicted molar refractivity (Wildman–Crippen MR) is 249 cm³/mol. The summed E-state index contributed by atoms with van der Waals surface area (Å²) in [4.78, 5) is 42.8. The topological polar surface area (TPSA) is 231 Å². The van der Waals surface area contributed by atoms with Gasteiger partial charge < -0.3 is 58.5 Å². The van der Waals surface area contributed by atoms with E-state index in [0.717, 1.165) is 11.3 Å². The van der Waals surface area contributed by atoms with E-state index in [1.807, 2.05) is 46.1 Å². The number of ether oxygens (including phenoxy) is 7. The van der Waals surface area contributed by atoms with E-state index in [0.29, 0.717) is 31.5 Å². The Labute approximate surface area is 402 Å². The first kappa shape index (κ1) is 55.5. The molecule has 18 nitrogen and oxygen atoms in total. The lowest BCUT2D eigenvalue weighted by molar-refractivity contribution is -0.305. The van der Waals surface area contributed by atoms with Gasteiger partial charge in [-0.25, -0.2) is 9.48 Å². The van der Waals surface area contributed by atoms with Crippen molar-refractivity contribution in [2.45, 2.75) is 186 Å². The first-order valence-corrected chi connectivity index (χ1v) is 24.2. The summed E-state index contributed by atoms with van der Waals surface area (Å²) in [6.45, 7) is 18.3. The fourth-order valence-corrected chi connectivity index (χ4v) is 11.1. The molecule has 0 radical (unpaired) electrons. The Morgan fingerprint density at radius 1 is 0.912 bits per heavy atom. The molecule has 2 aromatic rings. The van der Waals surface area contributed by atoms with Crippen molar-refractivity contribution in [1.29, 1.82) is 0 Å². The molecule has 0 aliphatic carbocycles. The number of esters is 2. The van der Waals surface area contributed by atoms with Crippen LogP contribution in [-0.4, -0.2) is 171 Å². The predicted octanol–water partition coefficient (Wildman–Crippen LogP) is 3.75. The van der Waals surface area contributed by atoms with Crippen molar-refractivity contribution in [3.63, 3.8) is 0 Å². The third kappa shape index (κ3) is 12.0. The molecule has 5 rings (SSSR count). The van der Waals surface area contributed by atoms with Crippen molar-refractivity contribution in [1.82, 2.24) is 19.9 Å². The molecule has 3 saturated heterocycles. The number of aliphatic hydroxyl groups excluding tert-OH is 3. The second-order valence-electron chi connectivity index (χ2n) is 20.6. The summed E-state index contributed by atoms with van der Waals surface area (Å²) in [6, 6.07) is 6.67. The van der Waals surface area contributed by atoms with E-state index in [-0.39, 0.29) is 31.1 Å². The molecule has 1 unspecified atom stereocenters. The molecule has 18 heteroatoms. The fraction of sp³-hybridized carbons (Fsp3) is 0.780. The molecule has 1 aromatic carbocycles. The van der Waals surface area contributed by atoms with Crippen molar-refractivity contribution in [3.8, 4) is 0 Å². The number of benzene rings is 1. The molecule has 0 spiro atoms. The zero-order valence-corrected chi connectivity index (χ0v) is 42.7. The van der Waals surface area contributed by atoms with Gasteiger partial charge in [-0.1, -0.05) is 52.0 Å². The summed E-state index contributed by atoms with van der Waals surface area (Å²) in [5.74, 6) is -5.47.